The second-order valence-electron chi connectivity index (χ2n) is 7.91. The van der Waals surface area contributed by atoms with Gasteiger partial charge in [-0.1, -0.05) is 12.1 Å². The van der Waals surface area contributed by atoms with Gasteiger partial charge in [0.15, 0.2) is 5.65 Å². The number of benzene rings is 1. The highest BCUT2D eigenvalue weighted by molar-refractivity contribution is 5.81. The van der Waals surface area contributed by atoms with E-state index in [4.69, 9.17) is 5.10 Å². The number of likely N-dealkylation sites (N-methyl/N-ethyl adjacent to an activating group) is 1. The Morgan fingerprint density at radius 1 is 1.24 bits per heavy atom. The first-order valence-corrected chi connectivity index (χ1v) is 9.99. The molecule has 0 unspecified atom stereocenters. The molecule has 0 spiro atoms. The number of carbonyl (C=O) groups excluding carboxylic acids is 1. The molecule has 6 nitrogen and oxygen atoms in total. The van der Waals surface area contributed by atoms with Crippen LogP contribution in [0.1, 0.15) is 23.6 Å². The van der Waals surface area contributed by atoms with Gasteiger partial charge < -0.3 is 9.80 Å². The molecule has 0 saturated carbocycles. The van der Waals surface area contributed by atoms with Crippen molar-refractivity contribution in [2.24, 2.45) is 0 Å². The lowest BCUT2D eigenvalue weighted by Gasteiger charge is -2.16. The lowest BCUT2D eigenvalue weighted by Crippen LogP contribution is -2.30. The van der Waals surface area contributed by atoms with Crippen molar-refractivity contribution < 1.29 is 9.18 Å². The molecule has 3 aromatic rings. The summed E-state index contributed by atoms with van der Waals surface area (Å²) in [5, 5.41) is 5.95. The molecule has 1 fully saturated rings. The number of pyridine rings is 1. The van der Waals surface area contributed by atoms with E-state index in [2.05, 4.69) is 16.0 Å². The molecule has 1 atom stereocenters. The van der Waals surface area contributed by atoms with Crippen molar-refractivity contribution in [2.75, 3.05) is 33.7 Å². The van der Waals surface area contributed by atoms with Crippen molar-refractivity contribution in [1.82, 2.24) is 24.6 Å². The number of amides is 1. The number of rotatable bonds is 6. The third kappa shape index (κ3) is 4.29. The Balaban J connectivity index is 1.49. The molecule has 1 amide bonds. The van der Waals surface area contributed by atoms with E-state index in [0.29, 0.717) is 13.0 Å². The highest BCUT2D eigenvalue weighted by atomic mass is 19.1. The molecule has 2 aromatic heterocycles. The van der Waals surface area contributed by atoms with Gasteiger partial charge in [0.05, 0.1) is 18.7 Å². The summed E-state index contributed by atoms with van der Waals surface area (Å²) in [6.07, 6.45) is 2.99. The molecule has 1 saturated heterocycles. The van der Waals surface area contributed by atoms with Crippen molar-refractivity contribution >= 4 is 16.9 Å². The summed E-state index contributed by atoms with van der Waals surface area (Å²) < 4.78 is 15.1. The second-order valence-corrected chi connectivity index (χ2v) is 7.91. The summed E-state index contributed by atoms with van der Waals surface area (Å²) in [7, 11) is 4.09. The summed E-state index contributed by atoms with van der Waals surface area (Å²) in [5.74, 6) is 0.000768. The number of halogens is 1. The SMILES string of the molecule is CN(C)CCn1nc([C@H]2CCN(C(=O)Cc3ccc(F)cc3)C2)c2cccnc21. The second kappa shape index (κ2) is 8.29. The number of nitrogens with zero attached hydrogens (tertiary/aromatic N) is 5. The lowest BCUT2D eigenvalue weighted by molar-refractivity contribution is -0.129. The fourth-order valence-corrected chi connectivity index (χ4v) is 3.88. The Morgan fingerprint density at radius 2 is 2.03 bits per heavy atom. The number of hydrogen-bond donors (Lipinski definition) is 0. The lowest BCUT2D eigenvalue weighted by atomic mass is 10.0. The molecule has 152 valence electrons. The van der Waals surface area contributed by atoms with Crippen LogP contribution in [0.4, 0.5) is 4.39 Å². The van der Waals surface area contributed by atoms with E-state index in [1.165, 1.54) is 12.1 Å². The van der Waals surface area contributed by atoms with Gasteiger partial charge in [0.1, 0.15) is 5.82 Å². The van der Waals surface area contributed by atoms with E-state index in [1.54, 1.807) is 18.3 Å². The first-order valence-electron chi connectivity index (χ1n) is 9.99. The molecule has 29 heavy (non-hydrogen) atoms. The van der Waals surface area contributed by atoms with Gasteiger partial charge in [0, 0.05) is 37.1 Å². The maximum atomic E-state index is 13.1. The molecule has 0 bridgehead atoms. The quantitative estimate of drug-likeness (QED) is 0.644. The van der Waals surface area contributed by atoms with E-state index in [9.17, 15) is 9.18 Å². The largest absolute Gasteiger partial charge is 0.342 e. The predicted octanol–water partition coefficient (Wildman–Crippen LogP) is 2.69. The minimum absolute atomic E-state index is 0.0774. The highest BCUT2D eigenvalue weighted by Gasteiger charge is 2.30. The minimum Gasteiger partial charge on any atom is -0.342 e. The average Bonchev–Trinajstić information content (AvgIpc) is 3.33. The standard InChI is InChI=1S/C22H26FN5O/c1-26(2)12-13-28-22-19(4-3-10-24-22)21(25-28)17-9-11-27(15-17)20(29)14-16-5-7-18(23)8-6-16/h3-8,10,17H,9,11-15H2,1-2H3/t17-/m0/s1. The van der Waals surface area contributed by atoms with Crippen LogP contribution in [0, 0.1) is 5.82 Å². The summed E-state index contributed by atoms with van der Waals surface area (Å²) in [4.78, 5) is 21.3. The van der Waals surface area contributed by atoms with Gasteiger partial charge in [0.2, 0.25) is 5.91 Å². The van der Waals surface area contributed by atoms with E-state index >= 15 is 0 Å². The fourth-order valence-electron chi connectivity index (χ4n) is 3.88. The van der Waals surface area contributed by atoms with Crippen LogP contribution in [0.3, 0.4) is 0 Å². The predicted molar refractivity (Wildman–Crippen MR) is 110 cm³/mol. The van der Waals surface area contributed by atoms with Crippen LogP contribution in [0.25, 0.3) is 11.0 Å². The number of fused-ring (bicyclic) bond motifs is 1. The van der Waals surface area contributed by atoms with Crippen molar-refractivity contribution in [1.29, 1.82) is 0 Å². The third-order valence-electron chi connectivity index (χ3n) is 5.49. The molecule has 1 aromatic carbocycles. The first kappa shape index (κ1) is 19.5. The molecule has 0 aliphatic carbocycles. The van der Waals surface area contributed by atoms with E-state index in [1.807, 2.05) is 29.7 Å². The van der Waals surface area contributed by atoms with E-state index in [-0.39, 0.29) is 17.6 Å². The van der Waals surface area contributed by atoms with Crippen LogP contribution < -0.4 is 0 Å². The molecule has 1 aliphatic rings. The van der Waals surface area contributed by atoms with Crippen molar-refractivity contribution in [2.45, 2.75) is 25.3 Å². The zero-order valence-corrected chi connectivity index (χ0v) is 16.9. The van der Waals surface area contributed by atoms with Crippen LogP contribution in [0.2, 0.25) is 0 Å². The van der Waals surface area contributed by atoms with E-state index in [0.717, 1.165) is 48.3 Å². The number of carbonyl (C=O) groups is 1. The monoisotopic (exact) mass is 395 g/mol. The molecule has 3 heterocycles. The van der Waals surface area contributed by atoms with Gasteiger partial charge >= 0.3 is 0 Å². The minimum atomic E-state index is -0.284. The van der Waals surface area contributed by atoms with Crippen molar-refractivity contribution in [3.63, 3.8) is 0 Å². The van der Waals surface area contributed by atoms with Gasteiger partial charge in [-0.3, -0.25) is 4.79 Å². The summed E-state index contributed by atoms with van der Waals surface area (Å²) in [6, 6.07) is 10.2. The summed E-state index contributed by atoms with van der Waals surface area (Å²) in [6.45, 7) is 3.05. The summed E-state index contributed by atoms with van der Waals surface area (Å²) >= 11 is 0. The van der Waals surface area contributed by atoms with Crippen molar-refractivity contribution in [3.05, 3.63) is 59.7 Å². The van der Waals surface area contributed by atoms with Gasteiger partial charge in [-0.15, -0.1) is 0 Å². The molecular weight excluding hydrogens is 369 g/mol. The van der Waals surface area contributed by atoms with Gasteiger partial charge in [-0.25, -0.2) is 14.1 Å². The third-order valence-corrected chi connectivity index (χ3v) is 5.49. The Labute approximate surface area is 169 Å². The molecule has 1 aliphatic heterocycles. The van der Waals surface area contributed by atoms with Gasteiger partial charge in [0.25, 0.3) is 0 Å². The Kier molecular flexibility index (Phi) is 5.58. The zero-order valence-electron chi connectivity index (χ0n) is 16.9. The van der Waals surface area contributed by atoms with E-state index < -0.39 is 0 Å². The number of likely N-dealkylation sites (tertiary alicyclic amines) is 1. The van der Waals surface area contributed by atoms with Gasteiger partial charge in [-0.05, 0) is 50.3 Å². The van der Waals surface area contributed by atoms with Gasteiger partial charge in [-0.2, -0.15) is 5.10 Å². The van der Waals surface area contributed by atoms with Crippen LogP contribution in [0.5, 0.6) is 0 Å². The normalized spacial score (nSPS) is 16.8. The average molecular weight is 395 g/mol. The molecular formula is C22H26FN5O. The topological polar surface area (TPSA) is 54.3 Å². The van der Waals surface area contributed by atoms with Crippen LogP contribution >= 0.6 is 0 Å². The first-order chi connectivity index (χ1) is 14.0. The zero-order chi connectivity index (χ0) is 20.4. The van der Waals surface area contributed by atoms with Crippen LogP contribution in [-0.2, 0) is 17.8 Å². The summed E-state index contributed by atoms with van der Waals surface area (Å²) in [5.41, 5.74) is 2.77. The fraction of sp³-hybridized carbons (Fsp3) is 0.409. The Morgan fingerprint density at radius 3 is 2.79 bits per heavy atom. The molecule has 4 rings (SSSR count). The molecule has 0 N–H and O–H groups in total. The number of hydrogen-bond acceptors (Lipinski definition) is 4. The smallest absolute Gasteiger partial charge is 0.227 e. The molecule has 7 heteroatoms. The Bertz CT molecular complexity index is 998. The molecule has 0 radical (unpaired) electrons. The van der Waals surface area contributed by atoms with Crippen LogP contribution in [-0.4, -0.2) is 64.2 Å². The highest BCUT2D eigenvalue weighted by Crippen LogP contribution is 2.31. The van der Waals surface area contributed by atoms with Crippen LogP contribution in [0.15, 0.2) is 42.6 Å². The Hall–Kier alpha value is -2.80. The van der Waals surface area contributed by atoms with Crippen molar-refractivity contribution in [3.8, 4) is 0 Å². The maximum absolute atomic E-state index is 13.1. The number of aromatic nitrogens is 3. The maximum Gasteiger partial charge on any atom is 0.227 e.